The fourth-order valence-electron chi connectivity index (χ4n) is 2.62. The number of nitrogens with zero attached hydrogens (tertiary/aromatic N) is 1. The van der Waals surface area contributed by atoms with Gasteiger partial charge in [0.2, 0.25) is 0 Å². The smallest absolute Gasteiger partial charge is 0.319 e. The maximum atomic E-state index is 14.3. The second-order valence-corrected chi connectivity index (χ2v) is 6.74. The summed E-state index contributed by atoms with van der Waals surface area (Å²) in [6.07, 6.45) is 0.0765. The first-order valence-electron chi connectivity index (χ1n) is 8.31. The highest BCUT2D eigenvalue weighted by atomic mass is 19.1. The minimum Gasteiger partial charge on any atom is -0.481 e. The van der Waals surface area contributed by atoms with Gasteiger partial charge >= 0.3 is 12.0 Å². The van der Waals surface area contributed by atoms with Crippen LogP contribution in [0.5, 0.6) is 0 Å². The Bertz CT molecular complexity index is 676. The minimum atomic E-state index is -0.980. The molecule has 0 radical (unpaired) electrons. The van der Waals surface area contributed by atoms with Crippen LogP contribution in [-0.4, -0.2) is 48.9 Å². The van der Waals surface area contributed by atoms with Crippen LogP contribution in [0, 0.1) is 11.6 Å². The molecule has 1 aliphatic heterocycles. The van der Waals surface area contributed by atoms with Crippen molar-refractivity contribution < 1.29 is 28.2 Å². The fraction of sp³-hybridized carbons (Fsp3) is 0.529. The lowest BCUT2D eigenvalue weighted by Gasteiger charge is -2.29. The first-order chi connectivity index (χ1) is 12.2. The number of hydrogen-bond donors (Lipinski definition) is 3. The Morgan fingerprint density at radius 2 is 1.88 bits per heavy atom. The number of carboxylic acid groups (broad SMARTS) is 1. The van der Waals surface area contributed by atoms with Crippen molar-refractivity contribution in [1.29, 1.82) is 0 Å². The van der Waals surface area contributed by atoms with Gasteiger partial charge in [0, 0.05) is 37.2 Å². The van der Waals surface area contributed by atoms with E-state index in [1.165, 1.54) is 0 Å². The molecule has 0 saturated carbocycles. The molecule has 1 aromatic carbocycles. The summed E-state index contributed by atoms with van der Waals surface area (Å²) in [7, 11) is 0. The van der Waals surface area contributed by atoms with Crippen molar-refractivity contribution in [1.82, 2.24) is 5.32 Å². The lowest BCUT2D eigenvalue weighted by molar-refractivity contribution is -0.137. The number of carbonyl (C=O) groups excluding carboxylic acids is 1. The van der Waals surface area contributed by atoms with Crippen LogP contribution in [0.1, 0.15) is 26.7 Å². The molecule has 0 atom stereocenters. The number of hydrogen-bond acceptors (Lipinski definition) is 4. The van der Waals surface area contributed by atoms with E-state index in [1.807, 2.05) is 0 Å². The van der Waals surface area contributed by atoms with Crippen molar-refractivity contribution in [2.75, 3.05) is 36.5 Å². The van der Waals surface area contributed by atoms with Gasteiger partial charge in [-0.2, -0.15) is 0 Å². The molecule has 1 aliphatic rings. The van der Waals surface area contributed by atoms with Crippen molar-refractivity contribution >= 4 is 23.4 Å². The topological polar surface area (TPSA) is 90.9 Å². The first-order valence-corrected chi connectivity index (χ1v) is 8.31. The summed E-state index contributed by atoms with van der Waals surface area (Å²) in [6.45, 7) is 5.09. The number of anilines is 2. The summed E-state index contributed by atoms with van der Waals surface area (Å²) in [5.41, 5.74) is -0.977. The number of urea groups is 1. The van der Waals surface area contributed by atoms with Crippen LogP contribution in [0.15, 0.2) is 12.1 Å². The molecule has 0 bridgehead atoms. The van der Waals surface area contributed by atoms with Gasteiger partial charge in [-0.3, -0.25) is 4.79 Å². The largest absolute Gasteiger partial charge is 0.481 e. The van der Waals surface area contributed by atoms with E-state index in [-0.39, 0.29) is 24.2 Å². The summed E-state index contributed by atoms with van der Waals surface area (Å²) < 4.78 is 33.8. The molecular weight excluding hydrogens is 348 g/mol. The summed E-state index contributed by atoms with van der Waals surface area (Å²) >= 11 is 0. The van der Waals surface area contributed by atoms with Gasteiger partial charge in [-0.15, -0.1) is 0 Å². The molecule has 1 saturated heterocycles. The lowest BCUT2D eigenvalue weighted by Crippen LogP contribution is -2.46. The zero-order chi connectivity index (χ0) is 19.3. The Morgan fingerprint density at radius 1 is 1.23 bits per heavy atom. The van der Waals surface area contributed by atoms with E-state index in [2.05, 4.69) is 10.6 Å². The highest BCUT2D eigenvalue weighted by Crippen LogP contribution is 2.27. The molecule has 0 spiro atoms. The van der Waals surface area contributed by atoms with Gasteiger partial charge in [-0.05, 0) is 20.3 Å². The van der Waals surface area contributed by atoms with E-state index in [4.69, 9.17) is 9.84 Å². The fourth-order valence-corrected chi connectivity index (χ4v) is 2.62. The molecule has 1 heterocycles. The molecule has 0 aliphatic carbocycles. The zero-order valence-corrected chi connectivity index (χ0v) is 14.8. The Hall–Kier alpha value is -2.42. The molecule has 3 N–H and O–H groups in total. The van der Waals surface area contributed by atoms with Crippen molar-refractivity contribution in [3.05, 3.63) is 23.8 Å². The van der Waals surface area contributed by atoms with Gasteiger partial charge < -0.3 is 25.4 Å². The molecular formula is C17H23F2N3O4. The third-order valence-electron chi connectivity index (χ3n) is 4.05. The summed E-state index contributed by atoms with van der Waals surface area (Å²) in [5.74, 6) is -2.38. The van der Waals surface area contributed by atoms with Gasteiger partial charge in [0.1, 0.15) is 11.6 Å². The highest BCUT2D eigenvalue weighted by molar-refractivity contribution is 5.90. The number of halogens is 2. The van der Waals surface area contributed by atoms with E-state index < -0.39 is 29.2 Å². The predicted molar refractivity (Wildman–Crippen MR) is 92.5 cm³/mol. The van der Waals surface area contributed by atoms with Gasteiger partial charge in [0.15, 0.2) is 0 Å². The molecule has 26 heavy (non-hydrogen) atoms. The monoisotopic (exact) mass is 371 g/mol. The maximum Gasteiger partial charge on any atom is 0.319 e. The van der Waals surface area contributed by atoms with Crippen molar-refractivity contribution in [2.24, 2.45) is 0 Å². The van der Waals surface area contributed by atoms with E-state index >= 15 is 0 Å². The van der Waals surface area contributed by atoms with Crippen LogP contribution in [-0.2, 0) is 9.53 Å². The van der Waals surface area contributed by atoms with E-state index in [0.29, 0.717) is 26.3 Å². The number of carbonyl (C=O) groups is 2. The SMILES string of the molecule is CC(C)(CCC(=O)O)NC(=O)Nc1cc(F)c(N2CCOCC2)cc1F. The number of ether oxygens (including phenoxy) is 1. The number of nitrogens with one attached hydrogen (secondary N) is 2. The van der Waals surface area contributed by atoms with Gasteiger partial charge in [0.25, 0.3) is 0 Å². The second-order valence-electron chi connectivity index (χ2n) is 6.74. The lowest BCUT2D eigenvalue weighted by atomic mass is 9.99. The number of carboxylic acids is 1. The average Bonchev–Trinajstić information content (AvgIpc) is 2.56. The van der Waals surface area contributed by atoms with Gasteiger partial charge in [-0.1, -0.05) is 0 Å². The Morgan fingerprint density at radius 3 is 2.50 bits per heavy atom. The van der Waals surface area contributed by atoms with E-state index in [0.717, 1.165) is 12.1 Å². The third-order valence-corrected chi connectivity index (χ3v) is 4.05. The normalized spacial score (nSPS) is 14.8. The summed E-state index contributed by atoms with van der Waals surface area (Å²) in [6, 6.07) is 1.24. The number of rotatable bonds is 6. The van der Waals surface area contributed by atoms with Crippen LogP contribution in [0.3, 0.4) is 0 Å². The molecule has 9 heteroatoms. The van der Waals surface area contributed by atoms with E-state index in [1.54, 1.807) is 18.7 Å². The van der Waals surface area contributed by atoms with Crippen LogP contribution in [0.2, 0.25) is 0 Å². The van der Waals surface area contributed by atoms with Crippen molar-refractivity contribution in [3.8, 4) is 0 Å². The van der Waals surface area contributed by atoms with Crippen LogP contribution < -0.4 is 15.5 Å². The van der Waals surface area contributed by atoms with Gasteiger partial charge in [-0.25, -0.2) is 13.6 Å². The van der Waals surface area contributed by atoms with Crippen LogP contribution in [0.25, 0.3) is 0 Å². The minimum absolute atomic E-state index is 0.121. The quantitative estimate of drug-likeness (QED) is 0.715. The van der Waals surface area contributed by atoms with Crippen LogP contribution in [0.4, 0.5) is 25.0 Å². The molecule has 0 aromatic heterocycles. The molecule has 2 rings (SSSR count). The van der Waals surface area contributed by atoms with Crippen molar-refractivity contribution in [2.45, 2.75) is 32.2 Å². The summed E-state index contributed by atoms with van der Waals surface area (Å²) in [4.78, 5) is 24.4. The first kappa shape index (κ1) is 19.9. The number of aliphatic carboxylic acids is 1. The zero-order valence-electron chi connectivity index (χ0n) is 14.8. The Balaban J connectivity index is 2.03. The number of morpholine rings is 1. The molecule has 1 aromatic rings. The highest BCUT2D eigenvalue weighted by Gasteiger charge is 2.23. The number of amides is 2. The molecule has 2 amide bonds. The number of benzene rings is 1. The average molecular weight is 371 g/mol. The van der Waals surface area contributed by atoms with Gasteiger partial charge in [0.05, 0.1) is 24.6 Å². The second kappa shape index (κ2) is 8.31. The Labute approximate surface area is 150 Å². The molecule has 144 valence electrons. The predicted octanol–water partition coefficient (Wildman–Crippen LogP) is 2.57. The maximum absolute atomic E-state index is 14.3. The molecule has 7 nitrogen and oxygen atoms in total. The van der Waals surface area contributed by atoms with E-state index in [9.17, 15) is 18.4 Å². The van der Waals surface area contributed by atoms with Crippen molar-refractivity contribution in [3.63, 3.8) is 0 Å². The Kier molecular flexibility index (Phi) is 6.36. The molecule has 1 fully saturated rings. The standard InChI is InChI=1S/C17H23F2N3O4/c1-17(2,4-3-15(23)24)21-16(25)20-13-9-12(19)14(10-11(13)18)22-5-7-26-8-6-22/h9-10H,3-8H2,1-2H3,(H,23,24)(H2,20,21,25). The molecule has 0 unspecified atom stereocenters. The van der Waals surface area contributed by atoms with Crippen LogP contribution >= 0.6 is 0 Å². The summed E-state index contributed by atoms with van der Waals surface area (Å²) in [5, 5.41) is 13.5. The third kappa shape index (κ3) is 5.55.